The van der Waals surface area contributed by atoms with Crippen molar-refractivity contribution in [1.82, 2.24) is 14.9 Å². The minimum atomic E-state index is -0.145. The Bertz CT molecular complexity index is 620. The molecule has 98 valence electrons. The Morgan fingerprint density at radius 2 is 2.05 bits per heavy atom. The molecule has 0 aliphatic carbocycles. The molecular formula is C14H15N3O2. The fourth-order valence-electron chi connectivity index (χ4n) is 1.67. The highest BCUT2D eigenvalue weighted by atomic mass is 16.1. The van der Waals surface area contributed by atoms with Crippen LogP contribution in [0.5, 0.6) is 0 Å². The topological polar surface area (TPSA) is 64.0 Å². The number of hydrogen-bond donors (Lipinski definition) is 1. The highest BCUT2D eigenvalue weighted by Crippen LogP contribution is 1.97. The van der Waals surface area contributed by atoms with Crippen LogP contribution in [-0.2, 0) is 6.54 Å². The van der Waals surface area contributed by atoms with Gasteiger partial charge in [-0.25, -0.2) is 4.98 Å². The van der Waals surface area contributed by atoms with E-state index in [4.69, 9.17) is 0 Å². The van der Waals surface area contributed by atoms with E-state index in [1.54, 1.807) is 19.1 Å². The molecule has 2 aromatic rings. The maximum Gasteiger partial charge on any atom is 0.253 e. The van der Waals surface area contributed by atoms with Crippen LogP contribution in [0.25, 0.3) is 0 Å². The number of rotatable bonds is 4. The van der Waals surface area contributed by atoms with Gasteiger partial charge in [-0.05, 0) is 19.1 Å². The van der Waals surface area contributed by atoms with E-state index in [0.29, 0.717) is 24.3 Å². The van der Waals surface area contributed by atoms with Crippen molar-refractivity contribution in [3.8, 4) is 0 Å². The van der Waals surface area contributed by atoms with Gasteiger partial charge < -0.3 is 5.32 Å². The van der Waals surface area contributed by atoms with Gasteiger partial charge in [0.05, 0.1) is 6.33 Å². The van der Waals surface area contributed by atoms with E-state index >= 15 is 0 Å². The molecule has 1 amide bonds. The summed E-state index contributed by atoms with van der Waals surface area (Å²) in [5, 5.41) is 2.76. The van der Waals surface area contributed by atoms with Crippen molar-refractivity contribution < 1.29 is 4.79 Å². The number of hydrogen-bond acceptors (Lipinski definition) is 3. The third-order valence-corrected chi connectivity index (χ3v) is 2.69. The second-order valence-corrected chi connectivity index (χ2v) is 4.18. The molecule has 19 heavy (non-hydrogen) atoms. The molecule has 2 rings (SSSR count). The Balaban J connectivity index is 1.90. The first-order valence-electron chi connectivity index (χ1n) is 6.03. The smallest absolute Gasteiger partial charge is 0.253 e. The fraction of sp³-hybridized carbons (Fsp3) is 0.214. The van der Waals surface area contributed by atoms with Gasteiger partial charge in [0.2, 0.25) is 0 Å². The molecule has 0 aliphatic rings. The lowest BCUT2D eigenvalue weighted by molar-refractivity contribution is 0.0952. The van der Waals surface area contributed by atoms with Gasteiger partial charge >= 0.3 is 0 Å². The average Bonchev–Trinajstić information content (AvgIpc) is 2.42. The lowest BCUT2D eigenvalue weighted by Crippen LogP contribution is -2.30. The molecule has 1 aromatic heterocycles. The first kappa shape index (κ1) is 13.0. The van der Waals surface area contributed by atoms with Gasteiger partial charge in [-0.15, -0.1) is 0 Å². The van der Waals surface area contributed by atoms with Gasteiger partial charge in [0.1, 0.15) is 0 Å². The Hall–Kier alpha value is -2.43. The summed E-state index contributed by atoms with van der Waals surface area (Å²) in [6.45, 7) is 2.56. The molecule has 0 atom stereocenters. The third-order valence-electron chi connectivity index (χ3n) is 2.69. The van der Waals surface area contributed by atoms with E-state index in [9.17, 15) is 9.59 Å². The molecule has 0 unspecified atom stereocenters. The van der Waals surface area contributed by atoms with Crippen molar-refractivity contribution >= 4 is 5.91 Å². The summed E-state index contributed by atoms with van der Waals surface area (Å²) >= 11 is 0. The zero-order valence-corrected chi connectivity index (χ0v) is 10.7. The summed E-state index contributed by atoms with van der Waals surface area (Å²) in [5.41, 5.74) is 1.19. The zero-order chi connectivity index (χ0) is 13.7. The maximum absolute atomic E-state index is 11.8. The van der Waals surface area contributed by atoms with Crippen molar-refractivity contribution in [2.45, 2.75) is 13.5 Å². The SMILES string of the molecule is Cc1cc(=O)n(CCNC(=O)c2ccccc2)cn1. The highest BCUT2D eigenvalue weighted by Gasteiger charge is 2.03. The van der Waals surface area contributed by atoms with Crippen LogP contribution in [-0.4, -0.2) is 22.0 Å². The van der Waals surface area contributed by atoms with E-state index < -0.39 is 0 Å². The Kier molecular flexibility index (Phi) is 4.07. The quantitative estimate of drug-likeness (QED) is 0.888. The van der Waals surface area contributed by atoms with E-state index in [-0.39, 0.29) is 11.5 Å². The summed E-state index contributed by atoms with van der Waals surface area (Å²) in [4.78, 5) is 27.4. The van der Waals surface area contributed by atoms with Crippen LogP contribution in [0.1, 0.15) is 16.1 Å². The summed E-state index contributed by atoms with van der Waals surface area (Å²) < 4.78 is 1.47. The van der Waals surface area contributed by atoms with Gasteiger partial charge in [0.25, 0.3) is 11.5 Å². The number of carbonyl (C=O) groups excluding carboxylic acids is 1. The minimum Gasteiger partial charge on any atom is -0.350 e. The van der Waals surface area contributed by atoms with E-state index in [0.717, 1.165) is 0 Å². The van der Waals surface area contributed by atoms with Crippen LogP contribution < -0.4 is 10.9 Å². The molecule has 0 radical (unpaired) electrons. The summed E-state index contributed by atoms with van der Waals surface area (Å²) in [6, 6.07) is 10.4. The van der Waals surface area contributed by atoms with Crippen molar-refractivity contribution in [2.24, 2.45) is 0 Å². The molecule has 0 saturated carbocycles. The standard InChI is InChI=1S/C14H15N3O2/c1-11-9-13(18)17(10-16-11)8-7-15-14(19)12-5-3-2-4-6-12/h2-6,9-10H,7-8H2,1H3,(H,15,19). The lowest BCUT2D eigenvalue weighted by Gasteiger charge is -2.07. The average molecular weight is 257 g/mol. The van der Waals surface area contributed by atoms with Crippen LogP contribution >= 0.6 is 0 Å². The molecule has 1 aromatic carbocycles. The van der Waals surface area contributed by atoms with E-state index in [1.165, 1.54) is 17.0 Å². The highest BCUT2D eigenvalue weighted by molar-refractivity contribution is 5.94. The Morgan fingerprint density at radius 3 is 2.74 bits per heavy atom. The first-order chi connectivity index (χ1) is 9.16. The van der Waals surface area contributed by atoms with Crippen LogP contribution in [0.3, 0.4) is 0 Å². The number of amides is 1. The normalized spacial score (nSPS) is 10.2. The molecule has 1 N–H and O–H groups in total. The minimum absolute atomic E-state index is 0.110. The molecule has 0 bridgehead atoms. The number of carbonyl (C=O) groups is 1. The van der Waals surface area contributed by atoms with Gasteiger partial charge in [0, 0.05) is 30.4 Å². The van der Waals surface area contributed by atoms with Gasteiger partial charge in [-0.3, -0.25) is 14.2 Å². The molecular weight excluding hydrogens is 242 g/mol. The Morgan fingerprint density at radius 1 is 1.32 bits per heavy atom. The van der Waals surface area contributed by atoms with Crippen LogP contribution in [0.4, 0.5) is 0 Å². The fourth-order valence-corrected chi connectivity index (χ4v) is 1.67. The number of nitrogens with zero attached hydrogens (tertiary/aromatic N) is 2. The van der Waals surface area contributed by atoms with Crippen molar-refractivity contribution in [2.75, 3.05) is 6.54 Å². The largest absolute Gasteiger partial charge is 0.350 e. The molecule has 0 fully saturated rings. The Labute approximate surface area is 110 Å². The van der Waals surface area contributed by atoms with Crippen LogP contribution in [0, 0.1) is 6.92 Å². The molecule has 5 heteroatoms. The van der Waals surface area contributed by atoms with Gasteiger partial charge in [-0.2, -0.15) is 0 Å². The molecule has 0 aliphatic heterocycles. The second-order valence-electron chi connectivity index (χ2n) is 4.18. The number of aromatic nitrogens is 2. The predicted octanol–water partition coefficient (Wildman–Crippen LogP) is 0.982. The van der Waals surface area contributed by atoms with Crippen LogP contribution in [0.2, 0.25) is 0 Å². The van der Waals surface area contributed by atoms with Crippen molar-refractivity contribution in [1.29, 1.82) is 0 Å². The molecule has 0 saturated heterocycles. The number of benzene rings is 1. The third kappa shape index (κ3) is 3.51. The van der Waals surface area contributed by atoms with Gasteiger partial charge in [-0.1, -0.05) is 18.2 Å². The summed E-state index contributed by atoms with van der Waals surface area (Å²) in [6.07, 6.45) is 1.49. The molecule has 1 heterocycles. The molecule has 0 spiro atoms. The van der Waals surface area contributed by atoms with Crippen molar-refractivity contribution in [3.63, 3.8) is 0 Å². The lowest BCUT2D eigenvalue weighted by atomic mass is 10.2. The molecule has 5 nitrogen and oxygen atoms in total. The van der Waals surface area contributed by atoms with Crippen molar-refractivity contribution in [3.05, 3.63) is 64.3 Å². The maximum atomic E-state index is 11.8. The summed E-state index contributed by atoms with van der Waals surface area (Å²) in [5.74, 6) is -0.145. The number of aryl methyl sites for hydroxylation is 1. The predicted molar refractivity (Wildman–Crippen MR) is 72.0 cm³/mol. The van der Waals surface area contributed by atoms with Gasteiger partial charge in [0.15, 0.2) is 0 Å². The summed E-state index contributed by atoms with van der Waals surface area (Å²) in [7, 11) is 0. The van der Waals surface area contributed by atoms with E-state index in [1.807, 2.05) is 18.2 Å². The zero-order valence-electron chi connectivity index (χ0n) is 10.7. The monoisotopic (exact) mass is 257 g/mol. The first-order valence-corrected chi connectivity index (χ1v) is 6.03. The van der Waals surface area contributed by atoms with E-state index in [2.05, 4.69) is 10.3 Å². The van der Waals surface area contributed by atoms with Crippen LogP contribution in [0.15, 0.2) is 47.5 Å². The number of nitrogens with one attached hydrogen (secondary N) is 1. The second kappa shape index (κ2) is 5.95.